The minimum Gasteiger partial charge on any atom is -0.371 e. The van der Waals surface area contributed by atoms with E-state index in [1.165, 1.54) is 42.3 Å². The lowest BCUT2D eigenvalue weighted by Crippen LogP contribution is -2.25. The topological polar surface area (TPSA) is 29.3 Å². The maximum Gasteiger partial charge on any atom is 0.0366 e. The molecule has 17 heavy (non-hydrogen) atoms. The van der Waals surface area contributed by atoms with Gasteiger partial charge in [-0.1, -0.05) is 19.1 Å². The average Bonchev–Trinajstić information content (AvgIpc) is 2.67. The van der Waals surface area contributed by atoms with Crippen LogP contribution in [-0.2, 0) is 0 Å². The van der Waals surface area contributed by atoms with Crippen LogP contribution in [0.15, 0.2) is 24.3 Å². The maximum absolute atomic E-state index is 6.03. The molecule has 3 heteroatoms. The molecule has 0 saturated carbocycles. The standard InChI is InChI=1S/C14H22N2S/c1-2-14(15)12-4-6-13(7-5-12)16-8-3-10-17-11-9-16/h4-7,14H,2-3,8-11,15H2,1H3/t14-/m0/s1. The molecular weight excluding hydrogens is 228 g/mol. The van der Waals surface area contributed by atoms with E-state index in [0.717, 1.165) is 6.42 Å². The number of nitrogens with two attached hydrogens (primary N) is 1. The van der Waals surface area contributed by atoms with Crippen molar-refractivity contribution in [3.05, 3.63) is 29.8 Å². The average molecular weight is 250 g/mol. The lowest BCUT2D eigenvalue weighted by Gasteiger charge is -2.23. The molecule has 94 valence electrons. The Balaban J connectivity index is 2.05. The Morgan fingerprint density at radius 2 is 2.00 bits per heavy atom. The highest BCUT2D eigenvalue weighted by Crippen LogP contribution is 2.22. The normalized spacial score (nSPS) is 18.8. The van der Waals surface area contributed by atoms with Crippen molar-refractivity contribution in [2.24, 2.45) is 5.73 Å². The maximum atomic E-state index is 6.03. The molecule has 1 aromatic rings. The van der Waals surface area contributed by atoms with Crippen LogP contribution in [0.25, 0.3) is 0 Å². The van der Waals surface area contributed by atoms with Crippen molar-refractivity contribution >= 4 is 17.4 Å². The van der Waals surface area contributed by atoms with Gasteiger partial charge in [0, 0.05) is 30.6 Å². The van der Waals surface area contributed by atoms with Gasteiger partial charge >= 0.3 is 0 Å². The molecule has 1 saturated heterocycles. The molecular formula is C14H22N2S. The van der Waals surface area contributed by atoms with Crippen LogP contribution in [-0.4, -0.2) is 24.6 Å². The summed E-state index contributed by atoms with van der Waals surface area (Å²) in [7, 11) is 0. The highest BCUT2D eigenvalue weighted by Gasteiger charge is 2.10. The van der Waals surface area contributed by atoms with Crippen LogP contribution < -0.4 is 10.6 Å². The van der Waals surface area contributed by atoms with E-state index in [2.05, 4.69) is 47.9 Å². The van der Waals surface area contributed by atoms with Gasteiger partial charge in [0.2, 0.25) is 0 Å². The minimum absolute atomic E-state index is 0.184. The van der Waals surface area contributed by atoms with Gasteiger partial charge in [-0.25, -0.2) is 0 Å². The van der Waals surface area contributed by atoms with Crippen LogP contribution >= 0.6 is 11.8 Å². The van der Waals surface area contributed by atoms with Crippen LogP contribution in [0.2, 0.25) is 0 Å². The highest BCUT2D eigenvalue weighted by atomic mass is 32.2. The van der Waals surface area contributed by atoms with E-state index < -0.39 is 0 Å². The van der Waals surface area contributed by atoms with E-state index in [-0.39, 0.29) is 6.04 Å². The molecule has 1 aromatic carbocycles. The third-order valence-electron chi connectivity index (χ3n) is 3.35. The zero-order chi connectivity index (χ0) is 12.1. The molecule has 1 fully saturated rings. The summed E-state index contributed by atoms with van der Waals surface area (Å²) in [6.45, 7) is 4.49. The second-order valence-corrected chi connectivity index (χ2v) is 5.78. The van der Waals surface area contributed by atoms with Crippen molar-refractivity contribution in [1.82, 2.24) is 0 Å². The first-order valence-electron chi connectivity index (χ1n) is 6.49. The van der Waals surface area contributed by atoms with Crippen molar-refractivity contribution in [2.75, 3.05) is 29.5 Å². The third-order valence-corrected chi connectivity index (χ3v) is 4.40. The van der Waals surface area contributed by atoms with Gasteiger partial charge in [-0.05, 0) is 36.3 Å². The summed E-state index contributed by atoms with van der Waals surface area (Å²) in [4.78, 5) is 2.49. The fourth-order valence-corrected chi connectivity index (χ4v) is 3.06. The molecule has 1 aliphatic heterocycles. The first kappa shape index (κ1) is 12.8. The van der Waals surface area contributed by atoms with Crippen molar-refractivity contribution in [3.8, 4) is 0 Å². The zero-order valence-corrected chi connectivity index (χ0v) is 11.4. The molecule has 1 heterocycles. The second-order valence-electron chi connectivity index (χ2n) is 4.56. The zero-order valence-electron chi connectivity index (χ0n) is 10.6. The molecule has 2 nitrogen and oxygen atoms in total. The lowest BCUT2D eigenvalue weighted by atomic mass is 10.1. The summed E-state index contributed by atoms with van der Waals surface area (Å²) in [5.74, 6) is 2.55. The Bertz CT molecular complexity index is 329. The second kappa shape index (κ2) is 6.31. The number of thioether (sulfide) groups is 1. The monoisotopic (exact) mass is 250 g/mol. The molecule has 0 amide bonds. The highest BCUT2D eigenvalue weighted by molar-refractivity contribution is 7.99. The van der Waals surface area contributed by atoms with Crippen molar-refractivity contribution in [3.63, 3.8) is 0 Å². The van der Waals surface area contributed by atoms with E-state index in [9.17, 15) is 0 Å². The first-order chi connectivity index (χ1) is 8.31. The predicted octanol–water partition coefficient (Wildman–Crippen LogP) is 3.04. The van der Waals surface area contributed by atoms with Gasteiger partial charge in [0.1, 0.15) is 0 Å². The molecule has 0 spiro atoms. The van der Waals surface area contributed by atoms with Crippen LogP contribution in [0.1, 0.15) is 31.4 Å². The predicted molar refractivity (Wildman–Crippen MR) is 77.8 cm³/mol. The Labute approximate surface area is 109 Å². The number of hydrogen-bond acceptors (Lipinski definition) is 3. The molecule has 2 N–H and O–H groups in total. The summed E-state index contributed by atoms with van der Waals surface area (Å²) < 4.78 is 0. The Kier molecular flexibility index (Phi) is 4.75. The summed E-state index contributed by atoms with van der Waals surface area (Å²) in [6.07, 6.45) is 2.29. The van der Waals surface area contributed by atoms with E-state index in [1.54, 1.807) is 0 Å². The Morgan fingerprint density at radius 3 is 2.71 bits per heavy atom. The minimum atomic E-state index is 0.184. The molecule has 1 atom stereocenters. The van der Waals surface area contributed by atoms with E-state index in [4.69, 9.17) is 5.73 Å². The van der Waals surface area contributed by atoms with Crippen LogP contribution in [0.5, 0.6) is 0 Å². The van der Waals surface area contributed by atoms with Gasteiger partial charge in [-0.2, -0.15) is 11.8 Å². The molecule has 2 rings (SSSR count). The number of nitrogens with zero attached hydrogens (tertiary/aromatic N) is 1. The summed E-state index contributed by atoms with van der Waals surface area (Å²) >= 11 is 2.06. The number of benzene rings is 1. The molecule has 0 bridgehead atoms. The smallest absolute Gasteiger partial charge is 0.0366 e. The van der Waals surface area contributed by atoms with E-state index in [0.29, 0.717) is 0 Å². The summed E-state index contributed by atoms with van der Waals surface area (Å²) in [5.41, 5.74) is 8.63. The van der Waals surface area contributed by atoms with Gasteiger partial charge in [0.05, 0.1) is 0 Å². The first-order valence-corrected chi connectivity index (χ1v) is 7.65. The van der Waals surface area contributed by atoms with Crippen LogP contribution in [0.3, 0.4) is 0 Å². The third kappa shape index (κ3) is 3.39. The molecule has 0 radical (unpaired) electrons. The fraction of sp³-hybridized carbons (Fsp3) is 0.571. The van der Waals surface area contributed by atoms with Gasteiger partial charge in [0.15, 0.2) is 0 Å². The number of anilines is 1. The van der Waals surface area contributed by atoms with Crippen molar-refractivity contribution in [1.29, 1.82) is 0 Å². The molecule has 0 aliphatic carbocycles. The number of hydrogen-bond donors (Lipinski definition) is 1. The van der Waals surface area contributed by atoms with Crippen molar-refractivity contribution < 1.29 is 0 Å². The van der Waals surface area contributed by atoms with Gasteiger partial charge in [-0.15, -0.1) is 0 Å². The van der Waals surface area contributed by atoms with E-state index >= 15 is 0 Å². The van der Waals surface area contributed by atoms with E-state index in [1.807, 2.05) is 0 Å². The largest absolute Gasteiger partial charge is 0.371 e. The summed E-state index contributed by atoms with van der Waals surface area (Å²) in [6, 6.07) is 8.99. The van der Waals surface area contributed by atoms with Gasteiger partial charge < -0.3 is 10.6 Å². The fourth-order valence-electron chi connectivity index (χ4n) is 2.17. The lowest BCUT2D eigenvalue weighted by molar-refractivity contribution is 0.698. The Morgan fingerprint density at radius 1 is 1.24 bits per heavy atom. The molecule has 1 aliphatic rings. The summed E-state index contributed by atoms with van der Waals surface area (Å²) in [5, 5.41) is 0. The molecule has 0 aromatic heterocycles. The van der Waals surface area contributed by atoms with Gasteiger partial charge in [0.25, 0.3) is 0 Å². The number of rotatable bonds is 3. The van der Waals surface area contributed by atoms with Gasteiger partial charge in [-0.3, -0.25) is 0 Å². The molecule has 0 unspecified atom stereocenters. The Hall–Kier alpha value is -0.670. The van der Waals surface area contributed by atoms with Crippen molar-refractivity contribution in [2.45, 2.75) is 25.8 Å². The quantitative estimate of drug-likeness (QED) is 0.894. The SMILES string of the molecule is CC[C@H](N)c1ccc(N2CCCSCC2)cc1. The van der Waals surface area contributed by atoms with Crippen LogP contribution in [0, 0.1) is 0 Å². The van der Waals surface area contributed by atoms with Crippen LogP contribution in [0.4, 0.5) is 5.69 Å².